The van der Waals surface area contributed by atoms with Crippen molar-refractivity contribution in [3.63, 3.8) is 0 Å². The molecule has 0 bridgehead atoms. The van der Waals surface area contributed by atoms with Crippen molar-refractivity contribution in [1.82, 2.24) is 0 Å². The number of aromatic hydroxyl groups is 2. The fraction of sp³-hybridized carbons (Fsp3) is 0.250. The standard InChI is InChI=1S/C16H17N3O4/c1-8-5-10(3)16(21)15(11(8)4)18-17-12-6-9(2)13(19(22)23)7-14(12)20/h5-7,20-21H,1-4H3. The lowest BCUT2D eigenvalue weighted by molar-refractivity contribution is -0.385. The quantitative estimate of drug-likeness (QED) is 0.488. The zero-order valence-electron chi connectivity index (χ0n) is 13.3. The number of benzene rings is 2. The SMILES string of the molecule is Cc1cc(N=Nc2c(C)c(C)cc(C)c2O)c(O)cc1[N+](=O)[O-]. The monoisotopic (exact) mass is 315 g/mol. The van der Waals surface area contributed by atoms with Gasteiger partial charge in [-0.2, -0.15) is 0 Å². The summed E-state index contributed by atoms with van der Waals surface area (Å²) in [6.07, 6.45) is 0. The Morgan fingerprint density at radius 3 is 2.22 bits per heavy atom. The maximum Gasteiger partial charge on any atom is 0.276 e. The van der Waals surface area contributed by atoms with Crippen molar-refractivity contribution in [2.45, 2.75) is 27.7 Å². The minimum atomic E-state index is -0.574. The highest BCUT2D eigenvalue weighted by molar-refractivity contribution is 5.64. The summed E-state index contributed by atoms with van der Waals surface area (Å²) < 4.78 is 0. The molecular weight excluding hydrogens is 298 g/mol. The van der Waals surface area contributed by atoms with Gasteiger partial charge in [-0.25, -0.2) is 0 Å². The molecule has 0 unspecified atom stereocenters. The first-order chi connectivity index (χ1) is 10.7. The van der Waals surface area contributed by atoms with Crippen LogP contribution in [0.25, 0.3) is 0 Å². The zero-order chi connectivity index (χ0) is 17.3. The minimum Gasteiger partial charge on any atom is -0.505 e. The molecule has 0 saturated carbocycles. The molecule has 0 aliphatic heterocycles. The molecule has 0 aliphatic carbocycles. The van der Waals surface area contributed by atoms with E-state index in [4.69, 9.17) is 0 Å². The van der Waals surface area contributed by atoms with Crippen molar-refractivity contribution in [2.24, 2.45) is 10.2 Å². The second-order valence-corrected chi connectivity index (χ2v) is 5.42. The van der Waals surface area contributed by atoms with Crippen molar-refractivity contribution in [3.8, 4) is 11.5 Å². The highest BCUT2D eigenvalue weighted by atomic mass is 16.6. The molecule has 7 heteroatoms. The molecule has 120 valence electrons. The predicted octanol–water partition coefficient (Wildman–Crippen LogP) is 4.66. The lowest BCUT2D eigenvalue weighted by Gasteiger charge is -2.09. The van der Waals surface area contributed by atoms with Gasteiger partial charge < -0.3 is 10.2 Å². The van der Waals surface area contributed by atoms with Gasteiger partial charge in [0.1, 0.15) is 22.9 Å². The molecule has 0 radical (unpaired) electrons. The summed E-state index contributed by atoms with van der Waals surface area (Å²) in [5, 5.41) is 38.8. The number of azo groups is 1. The van der Waals surface area contributed by atoms with Gasteiger partial charge in [0.05, 0.1) is 11.0 Å². The van der Waals surface area contributed by atoms with Gasteiger partial charge in [-0.3, -0.25) is 10.1 Å². The third kappa shape index (κ3) is 3.13. The molecule has 0 fully saturated rings. The molecule has 0 saturated heterocycles. The van der Waals surface area contributed by atoms with Gasteiger partial charge in [0, 0.05) is 5.56 Å². The van der Waals surface area contributed by atoms with Crippen LogP contribution in [0, 0.1) is 37.8 Å². The second-order valence-electron chi connectivity index (χ2n) is 5.42. The fourth-order valence-corrected chi connectivity index (χ4v) is 2.23. The Kier molecular flexibility index (Phi) is 4.31. The fourth-order valence-electron chi connectivity index (χ4n) is 2.23. The third-order valence-electron chi connectivity index (χ3n) is 3.73. The molecule has 23 heavy (non-hydrogen) atoms. The highest BCUT2D eigenvalue weighted by Crippen LogP contribution is 2.39. The van der Waals surface area contributed by atoms with Gasteiger partial charge in [-0.05, 0) is 50.5 Å². The second kappa shape index (κ2) is 6.04. The van der Waals surface area contributed by atoms with Crippen LogP contribution < -0.4 is 0 Å². The van der Waals surface area contributed by atoms with Crippen LogP contribution in [0.3, 0.4) is 0 Å². The average molecular weight is 315 g/mol. The number of nitrogens with zero attached hydrogens (tertiary/aromatic N) is 3. The van der Waals surface area contributed by atoms with Crippen molar-refractivity contribution >= 4 is 17.1 Å². The summed E-state index contributed by atoms with van der Waals surface area (Å²) in [5.41, 5.74) is 3.00. The van der Waals surface area contributed by atoms with Crippen LogP contribution in [-0.2, 0) is 0 Å². The van der Waals surface area contributed by atoms with E-state index in [0.29, 0.717) is 16.8 Å². The smallest absolute Gasteiger partial charge is 0.276 e. The normalized spacial score (nSPS) is 11.1. The molecule has 7 nitrogen and oxygen atoms in total. The van der Waals surface area contributed by atoms with E-state index in [1.165, 1.54) is 6.07 Å². The summed E-state index contributed by atoms with van der Waals surface area (Å²) in [7, 11) is 0. The van der Waals surface area contributed by atoms with Crippen LogP contribution >= 0.6 is 0 Å². The molecule has 0 spiro atoms. The van der Waals surface area contributed by atoms with Crippen LogP contribution in [0.5, 0.6) is 11.5 Å². The molecule has 0 atom stereocenters. The number of phenols is 2. The molecular formula is C16H17N3O4. The van der Waals surface area contributed by atoms with Crippen LogP contribution in [0.2, 0.25) is 0 Å². The molecule has 2 aromatic rings. The van der Waals surface area contributed by atoms with Gasteiger partial charge in [-0.1, -0.05) is 6.07 Å². The van der Waals surface area contributed by atoms with Gasteiger partial charge in [0.15, 0.2) is 0 Å². The Bertz CT molecular complexity index is 803. The Morgan fingerprint density at radius 1 is 0.957 bits per heavy atom. The first-order valence-corrected chi connectivity index (χ1v) is 6.92. The van der Waals surface area contributed by atoms with Gasteiger partial charge >= 0.3 is 0 Å². The van der Waals surface area contributed by atoms with E-state index in [-0.39, 0.29) is 22.9 Å². The first-order valence-electron chi connectivity index (χ1n) is 6.92. The number of nitro groups is 1. The minimum absolute atomic E-state index is 0.0231. The van der Waals surface area contributed by atoms with E-state index in [2.05, 4.69) is 10.2 Å². The predicted molar refractivity (Wildman–Crippen MR) is 86.0 cm³/mol. The molecule has 0 aliphatic rings. The largest absolute Gasteiger partial charge is 0.505 e. The first kappa shape index (κ1) is 16.4. The van der Waals surface area contributed by atoms with Crippen LogP contribution in [-0.4, -0.2) is 15.1 Å². The number of rotatable bonds is 3. The summed E-state index contributed by atoms with van der Waals surface area (Å²) in [6.45, 7) is 7.02. The average Bonchev–Trinajstić information content (AvgIpc) is 2.47. The Balaban J connectivity index is 2.50. The lowest BCUT2D eigenvalue weighted by Crippen LogP contribution is -1.91. The van der Waals surface area contributed by atoms with Crippen LogP contribution in [0.4, 0.5) is 17.1 Å². The summed E-state index contributed by atoms with van der Waals surface area (Å²) in [6, 6.07) is 4.26. The van der Waals surface area contributed by atoms with Gasteiger partial charge in [-0.15, -0.1) is 10.2 Å². The maximum absolute atomic E-state index is 10.8. The molecule has 0 heterocycles. The van der Waals surface area contributed by atoms with E-state index in [1.807, 2.05) is 19.9 Å². The zero-order valence-corrected chi connectivity index (χ0v) is 13.3. The number of aryl methyl sites for hydroxylation is 3. The van der Waals surface area contributed by atoms with Crippen LogP contribution in [0.15, 0.2) is 28.4 Å². The Hall–Kier alpha value is -2.96. The van der Waals surface area contributed by atoms with Crippen molar-refractivity contribution < 1.29 is 15.1 Å². The summed E-state index contributed by atoms with van der Waals surface area (Å²) in [4.78, 5) is 10.3. The Morgan fingerprint density at radius 2 is 1.61 bits per heavy atom. The summed E-state index contributed by atoms with van der Waals surface area (Å²) in [5.74, 6) is -0.317. The number of hydrogen-bond donors (Lipinski definition) is 2. The van der Waals surface area contributed by atoms with Crippen LogP contribution in [0.1, 0.15) is 22.3 Å². The number of phenolic OH excluding ortho intramolecular Hbond substituents is 2. The third-order valence-corrected chi connectivity index (χ3v) is 3.73. The highest BCUT2D eigenvalue weighted by Gasteiger charge is 2.15. The molecule has 2 aromatic carbocycles. The van der Waals surface area contributed by atoms with E-state index in [9.17, 15) is 20.3 Å². The van der Waals surface area contributed by atoms with E-state index >= 15 is 0 Å². The van der Waals surface area contributed by atoms with Crippen molar-refractivity contribution in [2.75, 3.05) is 0 Å². The van der Waals surface area contributed by atoms with Crippen molar-refractivity contribution in [1.29, 1.82) is 0 Å². The Labute approximate surface area is 133 Å². The molecule has 0 amide bonds. The topological polar surface area (TPSA) is 108 Å². The molecule has 0 aromatic heterocycles. The van der Waals surface area contributed by atoms with E-state index < -0.39 is 4.92 Å². The number of nitro benzene ring substituents is 1. The van der Waals surface area contributed by atoms with E-state index in [1.54, 1.807) is 13.8 Å². The maximum atomic E-state index is 10.8. The van der Waals surface area contributed by atoms with Gasteiger partial charge in [0.25, 0.3) is 5.69 Å². The van der Waals surface area contributed by atoms with E-state index in [0.717, 1.165) is 17.2 Å². The molecule has 2 N–H and O–H groups in total. The van der Waals surface area contributed by atoms with Gasteiger partial charge in [0.2, 0.25) is 0 Å². The molecule has 2 rings (SSSR count). The lowest BCUT2D eigenvalue weighted by atomic mass is 10.0. The summed E-state index contributed by atoms with van der Waals surface area (Å²) >= 11 is 0. The van der Waals surface area contributed by atoms with Crippen molar-refractivity contribution in [3.05, 3.63) is 50.6 Å². The number of hydrogen-bond acceptors (Lipinski definition) is 6.